The number of ether oxygens (including phenoxy) is 1. The summed E-state index contributed by atoms with van der Waals surface area (Å²) in [6.07, 6.45) is 0. The van der Waals surface area contributed by atoms with Gasteiger partial charge in [0, 0.05) is 9.82 Å². The van der Waals surface area contributed by atoms with Crippen molar-refractivity contribution in [3.63, 3.8) is 0 Å². The van der Waals surface area contributed by atoms with Crippen LogP contribution in [0.15, 0.2) is 10.2 Å². The summed E-state index contributed by atoms with van der Waals surface area (Å²) in [6, 6.07) is 0. The van der Waals surface area contributed by atoms with Crippen LogP contribution in [0.4, 0.5) is 0 Å². The minimum absolute atomic E-state index is 0. The highest BCUT2D eigenvalue weighted by atomic mass is 16.6. The molecule has 0 aromatic heterocycles. The fourth-order valence-electron chi connectivity index (χ4n) is 0.370. The van der Waals surface area contributed by atoms with E-state index in [0.717, 1.165) is 0 Å². The standard InChI is InChI=1S/C4H4N6O3.CH3/c5-9-7-1-3(11)13-4(12)2-8-10-6;/h1-2H2;1H3/q;-1. The molecule has 0 rings (SSSR count). The van der Waals surface area contributed by atoms with E-state index in [9.17, 15) is 9.59 Å². The summed E-state index contributed by atoms with van der Waals surface area (Å²) in [6.45, 7) is -1.14. The van der Waals surface area contributed by atoms with Gasteiger partial charge in [-0.05, 0) is 11.1 Å². The van der Waals surface area contributed by atoms with Crippen LogP contribution in [-0.2, 0) is 14.3 Å². The lowest BCUT2D eigenvalue weighted by Gasteiger charge is -1.95. The van der Waals surface area contributed by atoms with Crippen LogP contribution in [0, 0.1) is 7.43 Å². The van der Waals surface area contributed by atoms with E-state index in [2.05, 4.69) is 24.8 Å². The molecule has 9 nitrogen and oxygen atoms in total. The number of carbonyl (C=O) groups excluding carboxylic acids is 2. The van der Waals surface area contributed by atoms with Crippen molar-refractivity contribution in [2.45, 2.75) is 0 Å². The lowest BCUT2D eigenvalue weighted by atomic mass is 10.6. The number of carbonyl (C=O) groups is 2. The molecule has 0 saturated carbocycles. The molecule has 0 amide bonds. The van der Waals surface area contributed by atoms with E-state index < -0.39 is 25.0 Å². The molecular formula is C5H7N6O3-. The number of hydrogen-bond donors (Lipinski definition) is 0. The zero-order valence-corrected chi connectivity index (χ0v) is 7.32. The Labute approximate surface area is 78.9 Å². The first-order valence-electron chi connectivity index (χ1n) is 2.96. The van der Waals surface area contributed by atoms with Crippen molar-refractivity contribution in [3.8, 4) is 0 Å². The van der Waals surface area contributed by atoms with E-state index in [1.807, 2.05) is 0 Å². The minimum atomic E-state index is -0.990. The first kappa shape index (κ1) is 14.3. The summed E-state index contributed by atoms with van der Waals surface area (Å²) in [4.78, 5) is 25.6. The fraction of sp³-hybridized carbons (Fsp3) is 0.400. The smallest absolute Gasteiger partial charge is 0.319 e. The Balaban J connectivity index is 0. The predicted molar refractivity (Wildman–Crippen MR) is 45.5 cm³/mol. The van der Waals surface area contributed by atoms with Crippen LogP contribution < -0.4 is 0 Å². The molecule has 0 bridgehead atoms. The summed E-state index contributed by atoms with van der Waals surface area (Å²) < 4.78 is 4.05. The van der Waals surface area contributed by atoms with Gasteiger partial charge in [-0.1, -0.05) is 10.2 Å². The molecule has 0 heterocycles. The molecule has 0 atom stereocenters. The number of hydrogen-bond acceptors (Lipinski definition) is 5. The molecule has 0 unspecified atom stereocenters. The molecule has 0 N–H and O–H groups in total. The minimum Gasteiger partial charge on any atom is -0.393 e. The Morgan fingerprint density at radius 3 is 1.71 bits per heavy atom. The summed E-state index contributed by atoms with van der Waals surface area (Å²) >= 11 is 0. The van der Waals surface area contributed by atoms with Crippen molar-refractivity contribution in [2.75, 3.05) is 13.1 Å². The average Bonchev–Trinajstić information content (AvgIpc) is 2.11. The van der Waals surface area contributed by atoms with Crippen molar-refractivity contribution < 1.29 is 14.3 Å². The highest BCUT2D eigenvalue weighted by Gasteiger charge is 2.07. The summed E-state index contributed by atoms with van der Waals surface area (Å²) in [5.74, 6) is -1.98. The zero-order chi connectivity index (χ0) is 10.1. The van der Waals surface area contributed by atoms with Gasteiger partial charge in [0.25, 0.3) is 0 Å². The Kier molecular flexibility index (Phi) is 9.04. The van der Waals surface area contributed by atoms with Gasteiger partial charge in [0.1, 0.15) is 13.1 Å². The molecular weight excluding hydrogens is 192 g/mol. The quantitative estimate of drug-likeness (QED) is 0.167. The van der Waals surface area contributed by atoms with E-state index in [1.54, 1.807) is 0 Å². The van der Waals surface area contributed by atoms with Crippen LogP contribution in [0.3, 0.4) is 0 Å². The molecule has 9 heteroatoms. The molecule has 76 valence electrons. The third kappa shape index (κ3) is 7.86. The maximum absolute atomic E-state index is 10.5. The topological polar surface area (TPSA) is 141 Å². The van der Waals surface area contributed by atoms with Gasteiger partial charge >= 0.3 is 11.9 Å². The van der Waals surface area contributed by atoms with Crippen molar-refractivity contribution in [3.05, 3.63) is 28.3 Å². The molecule has 0 aliphatic heterocycles. The zero-order valence-electron chi connectivity index (χ0n) is 7.32. The number of nitrogens with zero attached hydrogens (tertiary/aromatic N) is 6. The van der Waals surface area contributed by atoms with Gasteiger partial charge in [-0.2, -0.15) is 0 Å². The maximum atomic E-state index is 10.5. The van der Waals surface area contributed by atoms with Gasteiger partial charge in [-0.3, -0.25) is 9.59 Å². The molecule has 0 aromatic carbocycles. The largest absolute Gasteiger partial charge is 0.393 e. The Bertz CT molecular complexity index is 271. The number of azide groups is 2. The van der Waals surface area contributed by atoms with Crippen LogP contribution in [0.2, 0.25) is 0 Å². The first-order valence-corrected chi connectivity index (χ1v) is 2.96. The van der Waals surface area contributed by atoms with Gasteiger partial charge in [0.2, 0.25) is 0 Å². The lowest BCUT2D eigenvalue weighted by molar-refractivity contribution is -0.157. The van der Waals surface area contributed by atoms with Gasteiger partial charge in [0.15, 0.2) is 0 Å². The Morgan fingerprint density at radius 1 is 1.07 bits per heavy atom. The van der Waals surface area contributed by atoms with Crippen LogP contribution in [0.5, 0.6) is 0 Å². The summed E-state index contributed by atoms with van der Waals surface area (Å²) in [5, 5.41) is 5.71. The second kappa shape index (κ2) is 8.85. The van der Waals surface area contributed by atoms with Gasteiger partial charge < -0.3 is 12.2 Å². The SMILES string of the molecule is [CH3-].[N-]=[N+]=NCC(=O)OC(=O)CN=[N+]=[N-]. The summed E-state index contributed by atoms with van der Waals surface area (Å²) in [7, 11) is 0. The molecule has 14 heavy (non-hydrogen) atoms. The monoisotopic (exact) mass is 199 g/mol. The van der Waals surface area contributed by atoms with Crippen LogP contribution in [-0.4, -0.2) is 25.0 Å². The second-order valence-corrected chi connectivity index (χ2v) is 1.62. The summed E-state index contributed by atoms with van der Waals surface area (Å²) in [5.41, 5.74) is 15.6. The molecule has 0 spiro atoms. The fourth-order valence-corrected chi connectivity index (χ4v) is 0.370. The van der Waals surface area contributed by atoms with Crippen LogP contribution >= 0.6 is 0 Å². The second-order valence-electron chi connectivity index (χ2n) is 1.62. The van der Waals surface area contributed by atoms with E-state index in [1.165, 1.54) is 0 Å². The van der Waals surface area contributed by atoms with Crippen molar-refractivity contribution in [1.82, 2.24) is 0 Å². The predicted octanol–water partition coefficient (Wildman–Crippen LogP) is 1.13. The van der Waals surface area contributed by atoms with Gasteiger partial charge in [-0.15, -0.1) is 0 Å². The lowest BCUT2D eigenvalue weighted by Crippen LogP contribution is -2.16. The first-order chi connectivity index (χ1) is 6.20. The molecule has 0 aromatic rings. The van der Waals surface area contributed by atoms with E-state index in [-0.39, 0.29) is 7.43 Å². The molecule has 0 aliphatic carbocycles. The van der Waals surface area contributed by atoms with Gasteiger partial charge in [-0.25, -0.2) is 0 Å². The highest BCUT2D eigenvalue weighted by Crippen LogP contribution is 1.84. The number of esters is 2. The van der Waals surface area contributed by atoms with Gasteiger partial charge in [0.05, 0.1) is 0 Å². The van der Waals surface area contributed by atoms with E-state index >= 15 is 0 Å². The van der Waals surface area contributed by atoms with Crippen molar-refractivity contribution >= 4 is 11.9 Å². The Morgan fingerprint density at radius 2 is 1.43 bits per heavy atom. The molecule has 0 fully saturated rings. The van der Waals surface area contributed by atoms with Crippen LogP contribution in [0.25, 0.3) is 20.9 Å². The Hall–Kier alpha value is -2.24. The maximum Gasteiger partial charge on any atom is 0.319 e. The normalized spacial score (nSPS) is 7.14. The number of rotatable bonds is 4. The third-order valence-corrected chi connectivity index (χ3v) is 0.754. The average molecular weight is 199 g/mol. The molecule has 0 saturated heterocycles. The van der Waals surface area contributed by atoms with Crippen molar-refractivity contribution in [2.24, 2.45) is 10.2 Å². The van der Waals surface area contributed by atoms with E-state index in [4.69, 9.17) is 11.1 Å². The van der Waals surface area contributed by atoms with E-state index in [0.29, 0.717) is 0 Å². The third-order valence-electron chi connectivity index (χ3n) is 0.754. The van der Waals surface area contributed by atoms with Crippen molar-refractivity contribution in [1.29, 1.82) is 0 Å². The molecule has 0 aliphatic rings. The highest BCUT2D eigenvalue weighted by molar-refractivity contribution is 5.87. The van der Waals surface area contributed by atoms with Crippen LogP contribution in [0.1, 0.15) is 0 Å². The molecule has 0 radical (unpaired) electrons.